The number of rotatable bonds is 4. The van der Waals surface area contributed by atoms with Crippen molar-refractivity contribution in [1.82, 2.24) is 4.98 Å². The average molecular weight is 323 g/mol. The van der Waals surface area contributed by atoms with Gasteiger partial charge < -0.3 is 10.6 Å². The van der Waals surface area contributed by atoms with Gasteiger partial charge in [0.1, 0.15) is 5.69 Å². The van der Waals surface area contributed by atoms with Crippen LogP contribution in [0.5, 0.6) is 0 Å². The summed E-state index contributed by atoms with van der Waals surface area (Å²) in [5.74, 6) is -0.572. The lowest BCUT2D eigenvalue weighted by atomic mass is 10.2. The van der Waals surface area contributed by atoms with Crippen LogP contribution in [-0.2, 0) is 6.18 Å². The summed E-state index contributed by atoms with van der Waals surface area (Å²) in [6.07, 6.45) is -2.99. The van der Waals surface area contributed by atoms with Crippen LogP contribution in [0.25, 0.3) is 0 Å². The zero-order valence-corrected chi connectivity index (χ0v) is 12.6. The van der Waals surface area contributed by atoms with Gasteiger partial charge in [-0.05, 0) is 44.2 Å². The molecule has 2 rings (SSSR count). The third-order valence-electron chi connectivity index (χ3n) is 2.90. The molecule has 23 heavy (non-hydrogen) atoms. The molecule has 4 nitrogen and oxygen atoms in total. The Morgan fingerprint density at radius 3 is 2.52 bits per heavy atom. The van der Waals surface area contributed by atoms with Crippen LogP contribution < -0.4 is 10.6 Å². The van der Waals surface area contributed by atoms with Crippen molar-refractivity contribution in [2.75, 3.05) is 10.6 Å². The van der Waals surface area contributed by atoms with E-state index in [4.69, 9.17) is 0 Å². The van der Waals surface area contributed by atoms with Crippen LogP contribution in [0.15, 0.2) is 42.6 Å². The molecule has 0 aliphatic heterocycles. The minimum atomic E-state index is -4.46. The fourth-order valence-corrected chi connectivity index (χ4v) is 1.95. The molecule has 122 valence electrons. The number of alkyl halides is 3. The fourth-order valence-electron chi connectivity index (χ4n) is 1.95. The number of pyridine rings is 1. The lowest BCUT2D eigenvalue weighted by molar-refractivity contribution is -0.137. The number of nitrogens with one attached hydrogen (secondary N) is 2. The summed E-state index contributed by atoms with van der Waals surface area (Å²) in [6, 6.07) is 7.89. The second-order valence-corrected chi connectivity index (χ2v) is 5.26. The Hall–Kier alpha value is -2.57. The molecule has 7 heteroatoms. The highest BCUT2D eigenvalue weighted by Gasteiger charge is 2.30. The number of hydrogen-bond acceptors (Lipinski definition) is 3. The number of nitrogens with zero attached hydrogens (tertiary/aromatic N) is 1. The standard InChI is InChI=1S/C16H16F3N3O/c1-10(2)21-13-6-7-20-14(9-13)15(23)22-12-5-3-4-11(8-12)16(17,18)19/h3-10H,1-2H3,(H,20,21)(H,22,23). The minimum absolute atomic E-state index is 0.0637. The van der Waals surface area contributed by atoms with Gasteiger partial charge in [0.15, 0.2) is 0 Å². The van der Waals surface area contributed by atoms with Crippen molar-refractivity contribution in [3.63, 3.8) is 0 Å². The minimum Gasteiger partial charge on any atom is -0.383 e. The van der Waals surface area contributed by atoms with Gasteiger partial charge in [-0.2, -0.15) is 13.2 Å². The molecule has 0 aliphatic carbocycles. The first-order chi connectivity index (χ1) is 10.8. The van der Waals surface area contributed by atoms with Crippen molar-refractivity contribution < 1.29 is 18.0 Å². The van der Waals surface area contributed by atoms with Gasteiger partial charge in [-0.15, -0.1) is 0 Å². The topological polar surface area (TPSA) is 54.0 Å². The number of halogens is 3. The van der Waals surface area contributed by atoms with E-state index in [2.05, 4.69) is 15.6 Å². The predicted octanol–water partition coefficient (Wildman–Crippen LogP) is 4.17. The second-order valence-electron chi connectivity index (χ2n) is 5.26. The number of amides is 1. The lowest BCUT2D eigenvalue weighted by Gasteiger charge is -2.12. The number of anilines is 2. The zero-order valence-electron chi connectivity index (χ0n) is 12.6. The number of carbonyl (C=O) groups excluding carboxylic acids is 1. The number of hydrogen-bond donors (Lipinski definition) is 2. The van der Waals surface area contributed by atoms with Crippen LogP contribution in [0.3, 0.4) is 0 Å². The quantitative estimate of drug-likeness (QED) is 0.888. The van der Waals surface area contributed by atoms with Crippen LogP contribution in [-0.4, -0.2) is 16.9 Å². The highest BCUT2D eigenvalue weighted by molar-refractivity contribution is 6.03. The molecule has 2 aromatic rings. The summed E-state index contributed by atoms with van der Waals surface area (Å²) in [6.45, 7) is 3.89. The molecule has 0 atom stereocenters. The molecular formula is C16H16F3N3O. The van der Waals surface area contributed by atoms with E-state index in [1.54, 1.807) is 12.1 Å². The van der Waals surface area contributed by atoms with Crippen molar-refractivity contribution >= 4 is 17.3 Å². The van der Waals surface area contributed by atoms with Gasteiger partial charge >= 0.3 is 6.18 Å². The van der Waals surface area contributed by atoms with E-state index in [1.807, 2.05) is 13.8 Å². The molecule has 0 saturated carbocycles. The first-order valence-electron chi connectivity index (χ1n) is 6.97. The van der Waals surface area contributed by atoms with Crippen molar-refractivity contribution in [1.29, 1.82) is 0 Å². The smallest absolute Gasteiger partial charge is 0.383 e. The van der Waals surface area contributed by atoms with Gasteiger partial charge in [-0.3, -0.25) is 9.78 Å². The lowest BCUT2D eigenvalue weighted by Crippen LogP contribution is -2.16. The largest absolute Gasteiger partial charge is 0.416 e. The Balaban J connectivity index is 2.16. The van der Waals surface area contributed by atoms with E-state index < -0.39 is 17.6 Å². The molecule has 0 aliphatic rings. The van der Waals surface area contributed by atoms with Gasteiger partial charge in [0.25, 0.3) is 5.91 Å². The van der Waals surface area contributed by atoms with Crippen LogP contribution in [0.1, 0.15) is 29.9 Å². The summed E-state index contributed by atoms with van der Waals surface area (Å²) < 4.78 is 38.0. The van der Waals surface area contributed by atoms with Gasteiger partial charge in [0.05, 0.1) is 5.56 Å². The van der Waals surface area contributed by atoms with Gasteiger partial charge in [-0.25, -0.2) is 0 Å². The van der Waals surface area contributed by atoms with E-state index in [1.165, 1.54) is 18.3 Å². The number of benzene rings is 1. The molecule has 1 amide bonds. The Labute approximate surface area is 131 Å². The molecule has 0 unspecified atom stereocenters. The van der Waals surface area contributed by atoms with Crippen molar-refractivity contribution in [3.05, 3.63) is 53.9 Å². The maximum Gasteiger partial charge on any atom is 0.416 e. The SMILES string of the molecule is CC(C)Nc1ccnc(C(=O)Nc2cccc(C(F)(F)F)c2)c1. The monoisotopic (exact) mass is 323 g/mol. The third-order valence-corrected chi connectivity index (χ3v) is 2.90. The molecule has 2 N–H and O–H groups in total. The first-order valence-corrected chi connectivity index (χ1v) is 6.97. The maximum atomic E-state index is 12.7. The number of aromatic nitrogens is 1. The molecule has 1 heterocycles. The number of carbonyl (C=O) groups is 1. The Bertz CT molecular complexity index is 699. The summed E-state index contributed by atoms with van der Waals surface area (Å²) in [5, 5.41) is 5.55. The van der Waals surface area contributed by atoms with Gasteiger partial charge in [-0.1, -0.05) is 6.07 Å². The fraction of sp³-hybridized carbons (Fsp3) is 0.250. The van der Waals surface area contributed by atoms with Gasteiger partial charge in [0.2, 0.25) is 0 Å². The van der Waals surface area contributed by atoms with E-state index >= 15 is 0 Å². The molecule has 0 saturated heterocycles. The van der Waals surface area contributed by atoms with E-state index in [0.29, 0.717) is 5.69 Å². The summed E-state index contributed by atoms with van der Waals surface area (Å²) in [7, 11) is 0. The van der Waals surface area contributed by atoms with Gasteiger partial charge in [0, 0.05) is 23.6 Å². The van der Waals surface area contributed by atoms with E-state index in [9.17, 15) is 18.0 Å². The molecule has 0 radical (unpaired) electrons. The van der Waals surface area contributed by atoms with Crippen LogP contribution >= 0.6 is 0 Å². The van der Waals surface area contributed by atoms with E-state index in [0.717, 1.165) is 12.1 Å². The summed E-state index contributed by atoms with van der Waals surface area (Å²) in [5.41, 5.74) is 0.0737. The molecule has 0 spiro atoms. The van der Waals surface area contributed by atoms with Crippen LogP contribution in [0.4, 0.5) is 24.5 Å². The Kier molecular flexibility index (Phi) is 4.88. The van der Waals surface area contributed by atoms with Crippen molar-refractivity contribution in [3.8, 4) is 0 Å². The maximum absolute atomic E-state index is 12.7. The highest BCUT2D eigenvalue weighted by atomic mass is 19.4. The first kappa shape index (κ1) is 16.8. The predicted molar refractivity (Wildman–Crippen MR) is 82.4 cm³/mol. The molecule has 0 fully saturated rings. The average Bonchev–Trinajstić information content (AvgIpc) is 2.46. The molecule has 1 aromatic heterocycles. The Morgan fingerprint density at radius 2 is 1.87 bits per heavy atom. The summed E-state index contributed by atoms with van der Waals surface area (Å²) >= 11 is 0. The zero-order chi connectivity index (χ0) is 17.0. The molecule has 1 aromatic carbocycles. The van der Waals surface area contributed by atoms with Crippen LogP contribution in [0, 0.1) is 0 Å². The third kappa shape index (κ3) is 4.70. The van der Waals surface area contributed by atoms with Crippen molar-refractivity contribution in [2.45, 2.75) is 26.1 Å². The van der Waals surface area contributed by atoms with Crippen LogP contribution in [0.2, 0.25) is 0 Å². The highest BCUT2D eigenvalue weighted by Crippen LogP contribution is 2.30. The molecular weight excluding hydrogens is 307 g/mol. The molecule has 0 bridgehead atoms. The summed E-state index contributed by atoms with van der Waals surface area (Å²) in [4.78, 5) is 16.1. The normalized spacial score (nSPS) is 11.4. The van der Waals surface area contributed by atoms with E-state index in [-0.39, 0.29) is 17.4 Å². The Morgan fingerprint density at radius 1 is 1.13 bits per heavy atom. The van der Waals surface area contributed by atoms with Crippen molar-refractivity contribution in [2.24, 2.45) is 0 Å². The second kappa shape index (κ2) is 6.68.